The van der Waals surface area contributed by atoms with Crippen molar-refractivity contribution < 1.29 is 9.59 Å². The van der Waals surface area contributed by atoms with Gasteiger partial charge < -0.3 is 10.6 Å². The molecule has 0 aromatic heterocycles. The molecule has 132 valence electrons. The Morgan fingerprint density at radius 1 is 0.800 bits per heavy atom. The van der Waals surface area contributed by atoms with Gasteiger partial charge in [0.05, 0.1) is 0 Å². The molecule has 0 bridgehead atoms. The largest absolute Gasteiger partial charge is 0.325 e. The number of aryl methyl sites for hydroxylation is 3. The van der Waals surface area contributed by atoms with Gasteiger partial charge in [-0.1, -0.05) is 18.2 Å². The Hall–Kier alpha value is -2.62. The van der Waals surface area contributed by atoms with Crippen LogP contribution in [0.4, 0.5) is 11.4 Å². The number of anilines is 2. The highest BCUT2D eigenvalue weighted by Crippen LogP contribution is 2.25. The second kappa shape index (κ2) is 7.09. The number of hydrogen-bond donors (Lipinski definition) is 2. The second-order valence-electron chi connectivity index (χ2n) is 7.08. The van der Waals surface area contributed by atoms with Gasteiger partial charge in [-0.2, -0.15) is 0 Å². The van der Waals surface area contributed by atoms with E-state index in [1.54, 1.807) is 13.8 Å². The minimum atomic E-state index is -1.20. The van der Waals surface area contributed by atoms with Gasteiger partial charge in [0.2, 0.25) is 11.8 Å². The maximum absolute atomic E-state index is 12.7. The maximum Gasteiger partial charge on any atom is 0.239 e. The van der Waals surface area contributed by atoms with Crippen LogP contribution in [0.5, 0.6) is 0 Å². The first-order valence-electron chi connectivity index (χ1n) is 8.39. The van der Waals surface area contributed by atoms with Gasteiger partial charge in [-0.15, -0.1) is 0 Å². The first-order valence-corrected chi connectivity index (χ1v) is 8.39. The highest BCUT2D eigenvalue weighted by molar-refractivity contribution is 6.14. The summed E-state index contributed by atoms with van der Waals surface area (Å²) >= 11 is 0. The van der Waals surface area contributed by atoms with Crippen LogP contribution in [0.15, 0.2) is 36.4 Å². The van der Waals surface area contributed by atoms with Crippen molar-refractivity contribution in [3.63, 3.8) is 0 Å². The van der Waals surface area contributed by atoms with Crippen molar-refractivity contribution in [1.82, 2.24) is 0 Å². The molecule has 0 aliphatic carbocycles. The normalized spacial score (nSPS) is 11.1. The van der Waals surface area contributed by atoms with Crippen molar-refractivity contribution in [3.05, 3.63) is 58.7 Å². The van der Waals surface area contributed by atoms with Gasteiger partial charge in [-0.3, -0.25) is 9.59 Å². The Labute approximate surface area is 149 Å². The average molecular weight is 338 g/mol. The Kier molecular flexibility index (Phi) is 5.31. The van der Waals surface area contributed by atoms with Crippen LogP contribution < -0.4 is 10.6 Å². The minimum Gasteiger partial charge on any atom is -0.325 e. The van der Waals surface area contributed by atoms with Gasteiger partial charge in [0.1, 0.15) is 5.41 Å². The summed E-state index contributed by atoms with van der Waals surface area (Å²) in [6, 6.07) is 11.4. The number of benzene rings is 2. The molecule has 2 amide bonds. The lowest BCUT2D eigenvalue weighted by molar-refractivity contribution is -0.135. The minimum absolute atomic E-state index is 0.331. The Bertz CT molecular complexity index is 823. The third kappa shape index (κ3) is 4.08. The van der Waals surface area contributed by atoms with Gasteiger partial charge >= 0.3 is 0 Å². The lowest BCUT2D eigenvalue weighted by Gasteiger charge is -2.23. The molecular weight excluding hydrogens is 312 g/mol. The van der Waals surface area contributed by atoms with Crippen LogP contribution in [0, 0.1) is 33.1 Å². The monoisotopic (exact) mass is 338 g/mol. The van der Waals surface area contributed by atoms with Crippen molar-refractivity contribution in [2.24, 2.45) is 5.41 Å². The van der Waals surface area contributed by atoms with Crippen LogP contribution in [-0.4, -0.2) is 11.8 Å². The zero-order valence-corrected chi connectivity index (χ0v) is 15.8. The Morgan fingerprint density at radius 3 is 2.08 bits per heavy atom. The fourth-order valence-corrected chi connectivity index (χ4v) is 2.37. The molecule has 0 radical (unpaired) electrons. The van der Waals surface area contributed by atoms with Crippen LogP contribution in [0.1, 0.15) is 36.1 Å². The standard InChI is InChI=1S/C21H26N2O2/c1-13-10-11-17(12-15(13)3)22-19(24)21(5,6)20(25)23-18-9-7-8-14(2)16(18)4/h7-12H,1-6H3,(H,22,24)(H,23,25). The van der Waals surface area contributed by atoms with Crippen LogP contribution in [0.25, 0.3) is 0 Å². The van der Waals surface area contributed by atoms with E-state index in [2.05, 4.69) is 10.6 Å². The summed E-state index contributed by atoms with van der Waals surface area (Å²) in [4.78, 5) is 25.3. The topological polar surface area (TPSA) is 58.2 Å². The van der Waals surface area contributed by atoms with Crippen molar-refractivity contribution >= 4 is 23.2 Å². The van der Waals surface area contributed by atoms with Crippen LogP contribution >= 0.6 is 0 Å². The van der Waals surface area contributed by atoms with E-state index in [1.165, 1.54) is 0 Å². The molecule has 2 aromatic rings. The molecule has 4 heteroatoms. The predicted octanol–water partition coefficient (Wildman–Crippen LogP) is 4.52. The van der Waals surface area contributed by atoms with Crippen molar-refractivity contribution in [2.75, 3.05) is 10.6 Å². The highest BCUT2D eigenvalue weighted by Gasteiger charge is 2.36. The Balaban J connectivity index is 2.15. The maximum atomic E-state index is 12.7. The molecule has 4 nitrogen and oxygen atoms in total. The summed E-state index contributed by atoms with van der Waals surface area (Å²) in [6.07, 6.45) is 0. The van der Waals surface area contributed by atoms with E-state index in [0.29, 0.717) is 5.69 Å². The smallest absolute Gasteiger partial charge is 0.239 e. The van der Waals surface area contributed by atoms with E-state index < -0.39 is 5.41 Å². The molecule has 0 atom stereocenters. The quantitative estimate of drug-likeness (QED) is 0.805. The van der Waals surface area contributed by atoms with Crippen LogP contribution in [0.3, 0.4) is 0 Å². The number of carbonyl (C=O) groups is 2. The zero-order chi connectivity index (χ0) is 18.8. The summed E-state index contributed by atoms with van der Waals surface area (Å²) in [5.41, 5.74) is 4.57. The third-order valence-corrected chi connectivity index (χ3v) is 4.75. The van der Waals surface area contributed by atoms with E-state index in [1.807, 2.05) is 64.1 Å². The van der Waals surface area contributed by atoms with Crippen LogP contribution in [0.2, 0.25) is 0 Å². The number of nitrogens with one attached hydrogen (secondary N) is 2. The third-order valence-electron chi connectivity index (χ3n) is 4.75. The summed E-state index contributed by atoms with van der Waals surface area (Å²) in [6.45, 7) is 11.2. The van der Waals surface area contributed by atoms with E-state index in [4.69, 9.17) is 0 Å². The van der Waals surface area contributed by atoms with Gasteiger partial charge in [0, 0.05) is 11.4 Å². The summed E-state index contributed by atoms with van der Waals surface area (Å²) in [5.74, 6) is -0.666. The molecule has 0 heterocycles. The lowest BCUT2D eigenvalue weighted by Crippen LogP contribution is -2.41. The number of amides is 2. The molecule has 0 spiro atoms. The van der Waals surface area contributed by atoms with E-state index in [-0.39, 0.29) is 11.8 Å². The molecule has 25 heavy (non-hydrogen) atoms. The number of rotatable bonds is 4. The number of hydrogen-bond acceptors (Lipinski definition) is 2. The molecule has 2 aromatic carbocycles. The molecule has 0 aliphatic rings. The Morgan fingerprint density at radius 2 is 1.44 bits per heavy atom. The summed E-state index contributed by atoms with van der Waals surface area (Å²) in [5, 5.41) is 5.72. The van der Waals surface area contributed by atoms with Crippen molar-refractivity contribution in [2.45, 2.75) is 41.5 Å². The fourth-order valence-electron chi connectivity index (χ4n) is 2.37. The highest BCUT2D eigenvalue weighted by atomic mass is 16.2. The van der Waals surface area contributed by atoms with Gasteiger partial charge in [0.15, 0.2) is 0 Å². The zero-order valence-electron chi connectivity index (χ0n) is 15.8. The summed E-state index contributed by atoms with van der Waals surface area (Å²) in [7, 11) is 0. The fraction of sp³-hybridized carbons (Fsp3) is 0.333. The molecule has 2 rings (SSSR count). The van der Waals surface area contributed by atoms with E-state index in [0.717, 1.165) is 27.9 Å². The molecule has 0 saturated heterocycles. The first-order chi connectivity index (χ1) is 11.6. The first kappa shape index (κ1) is 18.7. The molecule has 0 unspecified atom stereocenters. The SMILES string of the molecule is Cc1ccc(NC(=O)C(C)(C)C(=O)Nc2cccc(C)c2C)cc1C. The van der Waals surface area contributed by atoms with Crippen molar-refractivity contribution in [1.29, 1.82) is 0 Å². The van der Waals surface area contributed by atoms with Crippen molar-refractivity contribution in [3.8, 4) is 0 Å². The van der Waals surface area contributed by atoms with Gasteiger partial charge in [-0.25, -0.2) is 0 Å². The lowest BCUT2D eigenvalue weighted by atomic mass is 9.90. The van der Waals surface area contributed by atoms with E-state index in [9.17, 15) is 9.59 Å². The molecular formula is C21H26N2O2. The molecule has 0 fully saturated rings. The van der Waals surface area contributed by atoms with Gasteiger partial charge in [-0.05, 0) is 82.0 Å². The number of carbonyl (C=O) groups excluding carboxylic acids is 2. The molecule has 2 N–H and O–H groups in total. The average Bonchev–Trinajstić information content (AvgIpc) is 2.55. The van der Waals surface area contributed by atoms with E-state index >= 15 is 0 Å². The predicted molar refractivity (Wildman–Crippen MR) is 103 cm³/mol. The second-order valence-corrected chi connectivity index (χ2v) is 7.08. The van der Waals surface area contributed by atoms with Gasteiger partial charge in [0.25, 0.3) is 0 Å². The molecule has 0 aliphatic heterocycles. The molecule has 0 saturated carbocycles. The van der Waals surface area contributed by atoms with Crippen LogP contribution in [-0.2, 0) is 9.59 Å². The summed E-state index contributed by atoms with van der Waals surface area (Å²) < 4.78 is 0.